The molecule has 1 aliphatic heterocycles. The lowest BCUT2D eigenvalue weighted by molar-refractivity contribution is -0.115. The summed E-state index contributed by atoms with van der Waals surface area (Å²) in [6.45, 7) is 3.44. The molecule has 0 spiro atoms. The van der Waals surface area contributed by atoms with Crippen molar-refractivity contribution in [1.82, 2.24) is 4.90 Å². The number of anilines is 2. The zero-order valence-electron chi connectivity index (χ0n) is 17.3. The fraction of sp³-hybridized carbons (Fsp3) is 0.455. The van der Waals surface area contributed by atoms with Crippen LogP contribution in [0.4, 0.5) is 11.4 Å². The molecule has 2 heterocycles. The molecule has 0 aliphatic carbocycles. The van der Waals surface area contributed by atoms with Gasteiger partial charge in [0.25, 0.3) is 5.91 Å². The Labute approximate surface area is 171 Å². The molecule has 1 fully saturated rings. The van der Waals surface area contributed by atoms with Gasteiger partial charge in [-0.3, -0.25) is 9.59 Å². The molecule has 2 amide bonds. The van der Waals surface area contributed by atoms with E-state index >= 15 is 0 Å². The van der Waals surface area contributed by atoms with Gasteiger partial charge in [0.05, 0.1) is 12.4 Å². The van der Waals surface area contributed by atoms with Crippen LogP contribution >= 0.6 is 0 Å². The number of nitrogens with zero attached hydrogens (tertiary/aromatic N) is 2. The Balaban J connectivity index is 1.88. The highest BCUT2D eigenvalue weighted by molar-refractivity contribution is 5.92. The molecule has 1 aromatic carbocycles. The van der Waals surface area contributed by atoms with E-state index in [2.05, 4.69) is 5.32 Å². The smallest absolute Gasteiger partial charge is 0.289 e. The molecule has 7 heteroatoms. The topological polar surface area (TPSA) is 75.0 Å². The van der Waals surface area contributed by atoms with Gasteiger partial charge < -0.3 is 24.3 Å². The average molecular weight is 399 g/mol. The number of hydrogen-bond acceptors (Lipinski definition) is 5. The fourth-order valence-corrected chi connectivity index (χ4v) is 3.49. The molecule has 29 heavy (non-hydrogen) atoms. The van der Waals surface area contributed by atoms with Gasteiger partial charge in [0.1, 0.15) is 0 Å². The highest BCUT2D eigenvalue weighted by Crippen LogP contribution is 2.26. The van der Waals surface area contributed by atoms with Crippen LogP contribution in [0.1, 0.15) is 42.3 Å². The van der Waals surface area contributed by atoms with Crippen molar-refractivity contribution in [3.63, 3.8) is 0 Å². The summed E-state index contributed by atoms with van der Waals surface area (Å²) in [7, 11) is 3.92. The third kappa shape index (κ3) is 5.38. The largest absolute Gasteiger partial charge is 0.459 e. The molecule has 156 valence electrons. The van der Waals surface area contributed by atoms with Crippen LogP contribution in [-0.4, -0.2) is 50.1 Å². The van der Waals surface area contributed by atoms with Crippen LogP contribution in [0.3, 0.4) is 0 Å². The van der Waals surface area contributed by atoms with Crippen molar-refractivity contribution in [2.45, 2.75) is 38.8 Å². The summed E-state index contributed by atoms with van der Waals surface area (Å²) in [6.07, 6.45) is 3.89. The predicted molar refractivity (Wildman–Crippen MR) is 112 cm³/mol. The SMILES string of the molecule is CCC(=O)Nc1ccc(N(C)C)c(CN(CC2CCCO2)C(=O)c2ccco2)c1. The van der Waals surface area contributed by atoms with Crippen molar-refractivity contribution in [2.24, 2.45) is 0 Å². The zero-order valence-corrected chi connectivity index (χ0v) is 17.3. The molecule has 0 saturated carbocycles. The summed E-state index contributed by atoms with van der Waals surface area (Å²) in [5.41, 5.74) is 2.66. The highest BCUT2D eigenvalue weighted by Gasteiger charge is 2.26. The maximum absolute atomic E-state index is 13.1. The van der Waals surface area contributed by atoms with Gasteiger partial charge in [-0.15, -0.1) is 0 Å². The lowest BCUT2D eigenvalue weighted by Gasteiger charge is -2.27. The number of carbonyl (C=O) groups is 2. The quantitative estimate of drug-likeness (QED) is 0.735. The van der Waals surface area contributed by atoms with E-state index in [1.807, 2.05) is 44.1 Å². The molecular formula is C22H29N3O4. The van der Waals surface area contributed by atoms with E-state index in [9.17, 15) is 9.59 Å². The Kier molecular flexibility index (Phi) is 6.93. The molecule has 7 nitrogen and oxygen atoms in total. The standard InChI is InChI=1S/C22H29N3O4/c1-4-21(26)23-17-9-10-19(24(2)3)16(13-17)14-25(15-18-7-5-11-28-18)22(27)20-8-6-12-29-20/h6,8-10,12-13,18H,4-5,7,11,14-15H2,1-3H3,(H,23,26). The van der Waals surface area contributed by atoms with Crippen molar-refractivity contribution in [3.05, 3.63) is 47.9 Å². The van der Waals surface area contributed by atoms with Gasteiger partial charge in [-0.1, -0.05) is 6.92 Å². The molecule has 1 saturated heterocycles. The van der Waals surface area contributed by atoms with E-state index in [0.717, 1.165) is 36.4 Å². The number of benzene rings is 1. The van der Waals surface area contributed by atoms with Gasteiger partial charge in [-0.05, 0) is 48.7 Å². The summed E-state index contributed by atoms with van der Waals surface area (Å²) in [6, 6.07) is 9.16. The molecule has 1 aromatic heterocycles. The van der Waals surface area contributed by atoms with Gasteiger partial charge in [0, 0.05) is 51.6 Å². The molecule has 0 radical (unpaired) electrons. The predicted octanol–water partition coefficient (Wildman–Crippen LogP) is 3.52. The lowest BCUT2D eigenvalue weighted by Crippen LogP contribution is -2.37. The van der Waals surface area contributed by atoms with Crippen LogP contribution in [0.15, 0.2) is 41.0 Å². The van der Waals surface area contributed by atoms with Crippen molar-refractivity contribution >= 4 is 23.2 Å². The van der Waals surface area contributed by atoms with E-state index < -0.39 is 0 Å². The first-order valence-corrected chi connectivity index (χ1v) is 10.0. The van der Waals surface area contributed by atoms with Crippen LogP contribution in [-0.2, 0) is 16.1 Å². The summed E-state index contributed by atoms with van der Waals surface area (Å²) < 4.78 is 11.1. The Bertz CT molecular complexity index is 827. The molecule has 2 aromatic rings. The first-order chi connectivity index (χ1) is 14.0. The second-order valence-electron chi connectivity index (χ2n) is 7.44. The molecule has 0 bridgehead atoms. The normalized spacial score (nSPS) is 15.9. The van der Waals surface area contributed by atoms with Crippen LogP contribution < -0.4 is 10.2 Å². The van der Waals surface area contributed by atoms with Crippen LogP contribution in [0.25, 0.3) is 0 Å². The molecule has 1 atom stereocenters. The summed E-state index contributed by atoms with van der Waals surface area (Å²) in [5.74, 6) is 0.0967. The number of furan rings is 1. The van der Waals surface area contributed by atoms with E-state index in [1.165, 1.54) is 6.26 Å². The Hall–Kier alpha value is -2.80. The Morgan fingerprint density at radius 3 is 2.69 bits per heavy atom. The van der Waals surface area contributed by atoms with Crippen molar-refractivity contribution in [2.75, 3.05) is 37.5 Å². The number of rotatable bonds is 8. The van der Waals surface area contributed by atoms with E-state index in [1.54, 1.807) is 17.0 Å². The van der Waals surface area contributed by atoms with Crippen LogP contribution in [0.2, 0.25) is 0 Å². The van der Waals surface area contributed by atoms with E-state index in [-0.39, 0.29) is 17.9 Å². The fourth-order valence-electron chi connectivity index (χ4n) is 3.49. The lowest BCUT2D eigenvalue weighted by atomic mass is 10.1. The van der Waals surface area contributed by atoms with E-state index in [0.29, 0.717) is 25.3 Å². The van der Waals surface area contributed by atoms with Gasteiger partial charge in [-0.2, -0.15) is 0 Å². The maximum atomic E-state index is 13.1. The van der Waals surface area contributed by atoms with Crippen LogP contribution in [0.5, 0.6) is 0 Å². The molecule has 1 N–H and O–H groups in total. The minimum atomic E-state index is -0.168. The molecule has 3 rings (SSSR count). The summed E-state index contributed by atoms with van der Waals surface area (Å²) in [5, 5.41) is 2.90. The average Bonchev–Trinajstić information content (AvgIpc) is 3.41. The number of ether oxygens (including phenoxy) is 1. The first kappa shape index (κ1) is 20.9. The number of amides is 2. The minimum absolute atomic E-state index is 0.0275. The number of nitrogens with one attached hydrogen (secondary N) is 1. The Morgan fingerprint density at radius 2 is 2.07 bits per heavy atom. The zero-order chi connectivity index (χ0) is 20.8. The summed E-state index contributed by atoms with van der Waals surface area (Å²) >= 11 is 0. The monoisotopic (exact) mass is 399 g/mol. The first-order valence-electron chi connectivity index (χ1n) is 10.0. The Morgan fingerprint density at radius 1 is 1.24 bits per heavy atom. The molecule has 1 unspecified atom stereocenters. The van der Waals surface area contributed by atoms with Crippen LogP contribution in [0, 0.1) is 0 Å². The van der Waals surface area contributed by atoms with Gasteiger partial charge in [0.2, 0.25) is 5.91 Å². The van der Waals surface area contributed by atoms with Crippen molar-refractivity contribution in [1.29, 1.82) is 0 Å². The summed E-state index contributed by atoms with van der Waals surface area (Å²) in [4.78, 5) is 28.7. The molecule has 1 aliphatic rings. The minimum Gasteiger partial charge on any atom is -0.459 e. The molecular weight excluding hydrogens is 370 g/mol. The number of hydrogen-bond donors (Lipinski definition) is 1. The van der Waals surface area contributed by atoms with Gasteiger partial charge in [0.15, 0.2) is 5.76 Å². The number of carbonyl (C=O) groups excluding carboxylic acids is 2. The van der Waals surface area contributed by atoms with Crippen molar-refractivity contribution in [3.8, 4) is 0 Å². The third-order valence-corrected chi connectivity index (χ3v) is 4.99. The van der Waals surface area contributed by atoms with Gasteiger partial charge in [-0.25, -0.2) is 0 Å². The third-order valence-electron chi connectivity index (χ3n) is 4.99. The van der Waals surface area contributed by atoms with Crippen molar-refractivity contribution < 1.29 is 18.7 Å². The maximum Gasteiger partial charge on any atom is 0.289 e. The second kappa shape index (κ2) is 9.60. The highest BCUT2D eigenvalue weighted by atomic mass is 16.5. The second-order valence-corrected chi connectivity index (χ2v) is 7.44. The van der Waals surface area contributed by atoms with E-state index in [4.69, 9.17) is 9.15 Å². The van der Waals surface area contributed by atoms with Gasteiger partial charge >= 0.3 is 0 Å².